The van der Waals surface area contributed by atoms with E-state index < -0.39 is 0 Å². The number of aryl methyl sites for hydroxylation is 1. The van der Waals surface area contributed by atoms with Gasteiger partial charge in [0.1, 0.15) is 5.82 Å². The Morgan fingerprint density at radius 3 is 2.12 bits per heavy atom. The van der Waals surface area contributed by atoms with Crippen LogP contribution in [0.25, 0.3) is 11.4 Å². The van der Waals surface area contributed by atoms with E-state index in [0.717, 1.165) is 17.2 Å². The van der Waals surface area contributed by atoms with Crippen LogP contribution in [0.1, 0.15) is 5.82 Å². The minimum atomic E-state index is 0.905. The van der Waals surface area contributed by atoms with E-state index in [1.165, 1.54) is 5.69 Å². The lowest BCUT2D eigenvalue weighted by Crippen LogP contribution is -2.08. The van der Waals surface area contributed by atoms with Crippen LogP contribution in [-0.2, 0) is 7.05 Å². The van der Waals surface area contributed by atoms with Gasteiger partial charge in [0.25, 0.3) is 0 Å². The average Bonchev–Trinajstić information content (AvgIpc) is 2.60. The second-order valence-electron chi connectivity index (χ2n) is 4.07. The molecule has 0 N–H and O–H groups in total. The van der Waals surface area contributed by atoms with E-state index in [1.54, 1.807) is 0 Å². The molecule has 0 saturated heterocycles. The highest BCUT2D eigenvalue weighted by molar-refractivity contribution is 5.60. The Kier molecular flexibility index (Phi) is 2.64. The van der Waals surface area contributed by atoms with E-state index in [4.69, 9.17) is 0 Å². The maximum absolute atomic E-state index is 4.16. The number of benzene rings is 1. The van der Waals surface area contributed by atoms with Crippen LogP contribution >= 0.6 is 0 Å². The van der Waals surface area contributed by atoms with Gasteiger partial charge in [-0.15, -0.1) is 10.2 Å². The van der Waals surface area contributed by atoms with Gasteiger partial charge in [0.2, 0.25) is 0 Å². The molecule has 0 aliphatic carbocycles. The Morgan fingerprint density at radius 2 is 1.69 bits per heavy atom. The predicted octanol–water partition coefficient (Wildman–Crippen LogP) is 1.86. The number of anilines is 1. The Labute approximate surface area is 95.5 Å². The molecule has 2 rings (SSSR count). The van der Waals surface area contributed by atoms with Crippen LogP contribution in [0.4, 0.5) is 5.69 Å². The van der Waals surface area contributed by atoms with Crippen molar-refractivity contribution in [1.82, 2.24) is 14.8 Å². The summed E-state index contributed by atoms with van der Waals surface area (Å²) in [7, 11) is 6.04. The van der Waals surface area contributed by atoms with Gasteiger partial charge < -0.3 is 9.47 Å². The minimum absolute atomic E-state index is 0.905. The first-order valence-electron chi connectivity index (χ1n) is 5.23. The van der Waals surface area contributed by atoms with E-state index >= 15 is 0 Å². The number of hydrogen-bond acceptors (Lipinski definition) is 3. The lowest BCUT2D eigenvalue weighted by Gasteiger charge is -2.12. The quantitative estimate of drug-likeness (QED) is 0.768. The highest BCUT2D eigenvalue weighted by Crippen LogP contribution is 2.20. The SMILES string of the molecule is Cc1nnc(-c2ccc(N(C)C)cc2)n1C. The fourth-order valence-corrected chi connectivity index (χ4v) is 1.57. The van der Waals surface area contributed by atoms with Gasteiger partial charge in [0.15, 0.2) is 5.82 Å². The van der Waals surface area contributed by atoms with Crippen LogP contribution in [0.2, 0.25) is 0 Å². The first-order chi connectivity index (χ1) is 7.59. The van der Waals surface area contributed by atoms with Gasteiger partial charge in [0, 0.05) is 32.4 Å². The molecular weight excluding hydrogens is 200 g/mol. The molecule has 0 saturated carbocycles. The molecule has 0 unspecified atom stereocenters. The zero-order chi connectivity index (χ0) is 11.7. The highest BCUT2D eigenvalue weighted by atomic mass is 15.3. The number of aromatic nitrogens is 3. The lowest BCUT2D eigenvalue weighted by molar-refractivity contribution is 0.865. The van der Waals surface area contributed by atoms with Gasteiger partial charge in [0.05, 0.1) is 0 Å². The summed E-state index contributed by atoms with van der Waals surface area (Å²) in [5.74, 6) is 1.83. The summed E-state index contributed by atoms with van der Waals surface area (Å²) in [6.07, 6.45) is 0. The third-order valence-corrected chi connectivity index (χ3v) is 2.73. The van der Waals surface area contributed by atoms with Gasteiger partial charge in [-0.2, -0.15) is 0 Å². The summed E-state index contributed by atoms with van der Waals surface area (Å²) in [6.45, 7) is 1.95. The first kappa shape index (κ1) is 10.7. The molecule has 0 fully saturated rings. The molecule has 0 bridgehead atoms. The van der Waals surface area contributed by atoms with Gasteiger partial charge in [-0.3, -0.25) is 0 Å². The molecule has 1 heterocycles. The van der Waals surface area contributed by atoms with E-state index in [0.29, 0.717) is 0 Å². The monoisotopic (exact) mass is 216 g/mol. The smallest absolute Gasteiger partial charge is 0.163 e. The molecular formula is C12H16N4. The lowest BCUT2D eigenvalue weighted by atomic mass is 10.2. The van der Waals surface area contributed by atoms with Crippen molar-refractivity contribution >= 4 is 5.69 Å². The molecule has 0 spiro atoms. The number of rotatable bonds is 2. The molecule has 1 aromatic heterocycles. The third kappa shape index (κ3) is 1.78. The maximum atomic E-state index is 4.16. The first-order valence-corrected chi connectivity index (χ1v) is 5.23. The molecule has 84 valence electrons. The van der Waals surface area contributed by atoms with Gasteiger partial charge in [-0.05, 0) is 31.2 Å². The average molecular weight is 216 g/mol. The van der Waals surface area contributed by atoms with Gasteiger partial charge >= 0.3 is 0 Å². The van der Waals surface area contributed by atoms with Crippen molar-refractivity contribution in [2.24, 2.45) is 7.05 Å². The van der Waals surface area contributed by atoms with E-state index in [1.807, 2.05) is 32.6 Å². The number of hydrogen-bond donors (Lipinski definition) is 0. The Bertz CT molecular complexity index is 482. The summed E-state index contributed by atoms with van der Waals surface area (Å²) >= 11 is 0. The Hall–Kier alpha value is -1.84. The molecule has 4 nitrogen and oxygen atoms in total. The molecule has 4 heteroatoms. The summed E-state index contributed by atoms with van der Waals surface area (Å²) in [5, 5.41) is 8.21. The Morgan fingerprint density at radius 1 is 1.06 bits per heavy atom. The van der Waals surface area contributed by atoms with Crippen LogP contribution in [0.3, 0.4) is 0 Å². The molecule has 1 aromatic carbocycles. The summed E-state index contributed by atoms with van der Waals surface area (Å²) in [6, 6.07) is 8.30. The van der Waals surface area contributed by atoms with E-state index in [9.17, 15) is 0 Å². The van der Waals surface area contributed by atoms with E-state index in [-0.39, 0.29) is 0 Å². The fraction of sp³-hybridized carbons (Fsp3) is 0.333. The second kappa shape index (κ2) is 3.96. The highest BCUT2D eigenvalue weighted by Gasteiger charge is 2.07. The van der Waals surface area contributed by atoms with Crippen molar-refractivity contribution in [2.75, 3.05) is 19.0 Å². The second-order valence-corrected chi connectivity index (χ2v) is 4.07. The van der Waals surface area contributed by atoms with Crippen LogP contribution in [0, 0.1) is 6.92 Å². The van der Waals surface area contributed by atoms with Crippen molar-refractivity contribution in [2.45, 2.75) is 6.92 Å². The predicted molar refractivity (Wildman–Crippen MR) is 65.5 cm³/mol. The number of nitrogens with zero attached hydrogens (tertiary/aromatic N) is 4. The molecule has 0 amide bonds. The summed E-state index contributed by atoms with van der Waals surface area (Å²) < 4.78 is 1.99. The zero-order valence-electron chi connectivity index (χ0n) is 10.1. The topological polar surface area (TPSA) is 34.0 Å². The van der Waals surface area contributed by atoms with Crippen molar-refractivity contribution in [3.63, 3.8) is 0 Å². The Balaban J connectivity index is 2.38. The molecule has 0 aliphatic rings. The maximum Gasteiger partial charge on any atom is 0.163 e. The van der Waals surface area contributed by atoms with E-state index in [2.05, 4.69) is 39.4 Å². The summed E-state index contributed by atoms with van der Waals surface area (Å²) in [4.78, 5) is 2.08. The fourth-order valence-electron chi connectivity index (χ4n) is 1.57. The third-order valence-electron chi connectivity index (χ3n) is 2.73. The van der Waals surface area contributed by atoms with Crippen molar-refractivity contribution < 1.29 is 0 Å². The minimum Gasteiger partial charge on any atom is -0.378 e. The molecule has 0 atom stereocenters. The van der Waals surface area contributed by atoms with Crippen molar-refractivity contribution in [1.29, 1.82) is 0 Å². The normalized spacial score (nSPS) is 10.5. The molecule has 2 aromatic rings. The van der Waals surface area contributed by atoms with Crippen LogP contribution in [0.15, 0.2) is 24.3 Å². The molecule has 0 radical (unpaired) electrons. The standard InChI is InChI=1S/C12H16N4/c1-9-13-14-12(16(9)4)10-5-7-11(8-6-10)15(2)3/h5-8H,1-4H3. The van der Waals surface area contributed by atoms with Crippen LogP contribution in [-0.4, -0.2) is 28.9 Å². The van der Waals surface area contributed by atoms with Crippen LogP contribution in [0.5, 0.6) is 0 Å². The van der Waals surface area contributed by atoms with Crippen LogP contribution < -0.4 is 4.90 Å². The zero-order valence-corrected chi connectivity index (χ0v) is 10.1. The van der Waals surface area contributed by atoms with Crippen molar-refractivity contribution in [3.05, 3.63) is 30.1 Å². The van der Waals surface area contributed by atoms with Gasteiger partial charge in [-0.25, -0.2) is 0 Å². The van der Waals surface area contributed by atoms with Crippen molar-refractivity contribution in [3.8, 4) is 11.4 Å². The summed E-state index contributed by atoms with van der Waals surface area (Å²) in [5.41, 5.74) is 2.27. The molecule has 16 heavy (non-hydrogen) atoms. The largest absolute Gasteiger partial charge is 0.378 e. The molecule has 0 aliphatic heterocycles. The van der Waals surface area contributed by atoms with Gasteiger partial charge in [-0.1, -0.05) is 0 Å².